The number of piperidine rings is 2. The number of carbonyl (C=O) groups is 5. The van der Waals surface area contributed by atoms with Crippen LogP contribution in [0.2, 0.25) is 0 Å². The van der Waals surface area contributed by atoms with Gasteiger partial charge in [0.1, 0.15) is 35.8 Å². The number of alkyl halides is 3. The Bertz CT molecular complexity index is 2910. The molecule has 1 unspecified atom stereocenters. The maximum absolute atomic E-state index is 13.6. The molecule has 21 heteroatoms. The van der Waals surface area contributed by atoms with Crippen LogP contribution in [-0.4, -0.2) is 120 Å². The molecule has 9 rings (SSSR count). The van der Waals surface area contributed by atoms with Crippen molar-refractivity contribution < 1.29 is 55.9 Å². The minimum atomic E-state index is -4.79. The zero-order valence-corrected chi connectivity index (χ0v) is 38.9. The van der Waals surface area contributed by atoms with Crippen LogP contribution in [0, 0.1) is 0 Å². The highest BCUT2D eigenvalue weighted by molar-refractivity contribution is 7.10. The van der Waals surface area contributed by atoms with Crippen molar-refractivity contribution in [2.45, 2.75) is 43.3 Å². The molecule has 71 heavy (non-hydrogen) atoms. The van der Waals surface area contributed by atoms with Gasteiger partial charge in [-0.15, -0.1) is 11.3 Å². The molecule has 17 nitrogen and oxygen atoms in total. The lowest BCUT2D eigenvalue weighted by Gasteiger charge is -2.40. The van der Waals surface area contributed by atoms with Crippen molar-refractivity contribution in [3.63, 3.8) is 0 Å². The summed E-state index contributed by atoms with van der Waals surface area (Å²) in [5.41, 5.74) is 2.64. The van der Waals surface area contributed by atoms with Gasteiger partial charge in [-0.05, 0) is 80.9 Å². The quantitative estimate of drug-likeness (QED) is 0.0576. The van der Waals surface area contributed by atoms with E-state index in [1.807, 2.05) is 60.0 Å². The molecule has 2 saturated heterocycles. The maximum Gasteiger partial charge on any atom is 0.471 e. The van der Waals surface area contributed by atoms with Gasteiger partial charge in [-0.2, -0.15) is 18.2 Å². The summed E-state index contributed by atoms with van der Waals surface area (Å²) >= 11 is 1.56. The summed E-state index contributed by atoms with van der Waals surface area (Å²) in [5, 5.41) is 14.8. The molecule has 368 valence electrons. The first-order valence-corrected chi connectivity index (χ1v) is 23.8. The van der Waals surface area contributed by atoms with E-state index in [-0.39, 0.29) is 54.1 Å². The second-order valence-corrected chi connectivity index (χ2v) is 18.0. The number of nitrogens with one attached hydrogen (secondary N) is 3. The third kappa shape index (κ3) is 11.1. The molecule has 0 radical (unpaired) electrons. The molecule has 0 spiro atoms. The van der Waals surface area contributed by atoms with Crippen molar-refractivity contribution in [3.05, 3.63) is 130 Å². The molecule has 6 aromatic rings. The van der Waals surface area contributed by atoms with Crippen LogP contribution in [0.5, 0.6) is 11.5 Å². The largest absolute Gasteiger partial charge is 0.492 e. The Balaban J connectivity index is 0.716. The summed E-state index contributed by atoms with van der Waals surface area (Å²) in [6, 6.07) is 27.1. The number of likely N-dealkylation sites (tertiary alicyclic amines) is 1. The first-order valence-electron chi connectivity index (χ1n) is 22.9. The molecule has 3 aliphatic heterocycles. The number of rotatable bonds is 19. The maximum atomic E-state index is 13.6. The van der Waals surface area contributed by atoms with Crippen LogP contribution in [0.3, 0.4) is 0 Å². The van der Waals surface area contributed by atoms with Gasteiger partial charge in [0.05, 0.1) is 30.0 Å². The molecule has 3 aliphatic rings. The van der Waals surface area contributed by atoms with Gasteiger partial charge in [0.25, 0.3) is 17.7 Å². The van der Waals surface area contributed by atoms with Crippen molar-refractivity contribution in [1.82, 2.24) is 35.6 Å². The fraction of sp³-hybridized carbons (Fsp3) is 0.320. The van der Waals surface area contributed by atoms with Gasteiger partial charge in [-0.25, -0.2) is 4.98 Å². The molecule has 1 atom stereocenters. The topological polar surface area (TPSA) is 207 Å². The normalized spacial score (nSPS) is 16.9. The van der Waals surface area contributed by atoms with Gasteiger partial charge in [0.15, 0.2) is 0 Å². The number of amides is 5. The second kappa shape index (κ2) is 21.2. The number of fused-ring (bicyclic) bond motifs is 1. The average molecular weight is 993 g/mol. The third-order valence-corrected chi connectivity index (χ3v) is 13.6. The smallest absolute Gasteiger partial charge is 0.471 e. The standard InChI is InChI=1S/C50H47F3N8O9S/c51-50(52,53)47-58-42(59-70-47)32-8-4-9-33(28-32)43(63)55-30-49(48-56-38(29-71-48)31-6-2-1-3-7-31)18-21-60(22-19-49)23-25-68-34-12-14-35(15-13-34)69-27-26-67-24-20-54-37-11-5-10-36-41(37)46(66)61(45(36)65)39-16-17-40(62)57-44(39)64/h1-15,28-29,39,54H,16-27,30H2,(H,55,63)(H,57,62,64). The zero-order chi connectivity index (χ0) is 49.5. The average Bonchev–Trinajstić information content (AvgIpc) is 4.15. The van der Waals surface area contributed by atoms with E-state index in [1.54, 1.807) is 41.7 Å². The Kier molecular flexibility index (Phi) is 14.5. The monoisotopic (exact) mass is 992 g/mol. The Morgan fingerprint density at radius 2 is 1.58 bits per heavy atom. The number of halogens is 3. The number of thiazole rings is 1. The van der Waals surface area contributed by atoms with E-state index < -0.39 is 53.1 Å². The molecule has 2 fully saturated rings. The van der Waals surface area contributed by atoms with Crippen molar-refractivity contribution in [2.24, 2.45) is 0 Å². The Labute approximate surface area is 408 Å². The molecule has 0 saturated carbocycles. The van der Waals surface area contributed by atoms with Crippen LogP contribution < -0.4 is 25.4 Å². The fourth-order valence-electron chi connectivity index (χ4n) is 8.70. The Morgan fingerprint density at radius 1 is 0.845 bits per heavy atom. The van der Waals surface area contributed by atoms with Crippen molar-refractivity contribution in [2.75, 3.05) is 64.5 Å². The van der Waals surface area contributed by atoms with Gasteiger partial charge in [0.2, 0.25) is 17.6 Å². The number of imide groups is 2. The summed E-state index contributed by atoms with van der Waals surface area (Å²) in [4.78, 5) is 75.8. The Morgan fingerprint density at radius 3 is 2.31 bits per heavy atom. The minimum Gasteiger partial charge on any atom is -0.492 e. The fourth-order valence-corrected chi connectivity index (χ4v) is 9.79. The van der Waals surface area contributed by atoms with Crippen LogP contribution in [-0.2, 0) is 25.9 Å². The number of hydrogen-bond donors (Lipinski definition) is 3. The second-order valence-electron chi connectivity index (χ2n) is 17.1. The summed E-state index contributed by atoms with van der Waals surface area (Å²) < 4.78 is 61.4. The van der Waals surface area contributed by atoms with Crippen LogP contribution >= 0.6 is 11.3 Å². The first-order chi connectivity index (χ1) is 34.3. The van der Waals surface area contributed by atoms with Crippen molar-refractivity contribution in [3.8, 4) is 34.1 Å². The van der Waals surface area contributed by atoms with Crippen LogP contribution in [0.4, 0.5) is 18.9 Å². The number of nitrogens with zero attached hydrogens (tertiary/aromatic N) is 5. The summed E-state index contributed by atoms with van der Waals surface area (Å²) in [6.07, 6.45) is -3.27. The van der Waals surface area contributed by atoms with Gasteiger partial charge in [-0.1, -0.05) is 53.7 Å². The molecule has 5 amide bonds. The number of hydrogen-bond acceptors (Lipinski definition) is 15. The molecular formula is C50H47F3N8O9S. The van der Waals surface area contributed by atoms with E-state index in [0.29, 0.717) is 62.9 Å². The number of carbonyl (C=O) groups excluding carboxylic acids is 5. The first kappa shape index (κ1) is 48.5. The van der Waals surface area contributed by atoms with E-state index in [2.05, 4.69) is 35.5 Å². The third-order valence-electron chi connectivity index (χ3n) is 12.5. The van der Waals surface area contributed by atoms with Crippen LogP contribution in [0.1, 0.15) is 67.7 Å². The lowest BCUT2D eigenvalue weighted by molar-refractivity contribution is -0.159. The highest BCUT2D eigenvalue weighted by Crippen LogP contribution is 2.39. The van der Waals surface area contributed by atoms with Gasteiger partial charge >= 0.3 is 12.1 Å². The van der Waals surface area contributed by atoms with Crippen molar-refractivity contribution >= 4 is 46.6 Å². The highest BCUT2D eigenvalue weighted by Gasteiger charge is 2.46. The lowest BCUT2D eigenvalue weighted by atomic mass is 9.78. The number of anilines is 1. The molecule has 3 N–H and O–H groups in total. The molecule has 0 bridgehead atoms. The van der Waals surface area contributed by atoms with E-state index in [4.69, 9.17) is 19.2 Å². The van der Waals surface area contributed by atoms with Gasteiger partial charge in [-0.3, -0.25) is 39.1 Å². The summed E-state index contributed by atoms with van der Waals surface area (Å²) in [5.74, 6) is -3.07. The van der Waals surface area contributed by atoms with E-state index >= 15 is 0 Å². The highest BCUT2D eigenvalue weighted by atomic mass is 32.1. The summed E-state index contributed by atoms with van der Waals surface area (Å²) in [7, 11) is 0. The van der Waals surface area contributed by atoms with Crippen molar-refractivity contribution in [1.29, 1.82) is 0 Å². The predicted octanol–water partition coefficient (Wildman–Crippen LogP) is 6.63. The predicted molar refractivity (Wildman–Crippen MR) is 252 cm³/mol. The number of aromatic nitrogens is 3. The Hall–Kier alpha value is -7.49. The van der Waals surface area contributed by atoms with E-state index in [1.165, 1.54) is 12.1 Å². The number of ether oxygens (including phenoxy) is 3. The van der Waals surface area contributed by atoms with Crippen LogP contribution in [0.15, 0.2) is 107 Å². The molecule has 0 aliphatic carbocycles. The minimum absolute atomic E-state index is 0.0417. The van der Waals surface area contributed by atoms with E-state index in [0.717, 1.165) is 34.3 Å². The molecular weight excluding hydrogens is 946 g/mol. The SMILES string of the molecule is O=C1CCC(N2C(=O)c3cccc(NCCOCCOc4ccc(OCCN5CCC(CNC(=O)c6cccc(-c7noc(C(F)(F)F)n7)c6)(c6nc(-c7ccccc7)cs6)CC5)cc4)c3C2=O)C(=O)N1. The van der Waals surface area contributed by atoms with Crippen LogP contribution in [0.25, 0.3) is 22.6 Å². The van der Waals surface area contributed by atoms with Gasteiger partial charge < -0.3 is 29.4 Å². The summed E-state index contributed by atoms with van der Waals surface area (Å²) in [6.45, 7) is 4.05. The lowest BCUT2D eigenvalue weighted by Crippen LogP contribution is -2.54. The van der Waals surface area contributed by atoms with Gasteiger partial charge in [0, 0.05) is 59.2 Å². The molecule has 5 heterocycles. The van der Waals surface area contributed by atoms with E-state index in [9.17, 15) is 37.1 Å². The molecule has 2 aromatic heterocycles. The number of benzene rings is 4. The zero-order valence-electron chi connectivity index (χ0n) is 38.0. The molecule has 4 aromatic carbocycles.